The molecule has 2 N–H and O–H groups in total. The normalized spacial score (nSPS) is 16.0. The number of nitrogens with one attached hydrogen (secondary N) is 1. The summed E-state index contributed by atoms with van der Waals surface area (Å²) < 4.78 is 13.9. The van der Waals surface area contributed by atoms with E-state index in [2.05, 4.69) is 5.32 Å². The Kier molecular flexibility index (Phi) is 6.14. The van der Waals surface area contributed by atoms with Gasteiger partial charge in [-0.05, 0) is 51.7 Å². The Balaban J connectivity index is 2.39. The van der Waals surface area contributed by atoms with Gasteiger partial charge in [-0.2, -0.15) is 0 Å². The highest BCUT2D eigenvalue weighted by atomic mass is 19.1. The SMILES string of the molecule is CC(C)=CCC[C@@H](C)C1=C(O)C(Nc2ccccc2F)=C(C)C(=O)C1=O. The average Bonchev–Trinajstić information content (AvgIpc) is 2.58. The number of aliphatic hydroxyl groups excluding tert-OH is 1. The van der Waals surface area contributed by atoms with E-state index in [4.69, 9.17) is 0 Å². The van der Waals surface area contributed by atoms with Gasteiger partial charge < -0.3 is 10.4 Å². The number of carbonyl (C=O) groups is 2. The van der Waals surface area contributed by atoms with E-state index in [1.807, 2.05) is 19.9 Å². The van der Waals surface area contributed by atoms with Crippen LogP contribution in [-0.4, -0.2) is 16.7 Å². The number of hydrogen-bond acceptors (Lipinski definition) is 4. The maximum absolute atomic E-state index is 13.9. The molecule has 138 valence electrons. The number of hydrogen-bond donors (Lipinski definition) is 2. The predicted octanol–water partition coefficient (Wildman–Crippen LogP) is 4.86. The molecule has 1 aliphatic rings. The Morgan fingerprint density at radius 1 is 1.23 bits per heavy atom. The van der Waals surface area contributed by atoms with Crippen LogP contribution in [0.2, 0.25) is 0 Å². The quantitative estimate of drug-likeness (QED) is 0.433. The summed E-state index contributed by atoms with van der Waals surface area (Å²) in [7, 11) is 0. The second-order valence-electron chi connectivity index (χ2n) is 6.79. The summed E-state index contributed by atoms with van der Waals surface area (Å²) in [5, 5.41) is 13.4. The molecule has 0 aromatic heterocycles. The van der Waals surface area contributed by atoms with Gasteiger partial charge in [0.05, 0.1) is 17.0 Å². The standard InChI is InChI=1S/C21H24FNO3/c1-12(2)8-7-9-13(3)17-20(25)18(14(4)19(24)21(17)26)23-16-11-6-5-10-15(16)22/h5-6,8,10-11,13,23,25H,7,9H2,1-4H3/t13-/m1/s1. The Hall–Kier alpha value is -2.69. The van der Waals surface area contributed by atoms with E-state index in [1.54, 1.807) is 19.1 Å². The largest absolute Gasteiger partial charge is 0.505 e. The molecular weight excluding hydrogens is 333 g/mol. The summed E-state index contributed by atoms with van der Waals surface area (Å²) in [5.74, 6) is -2.45. The van der Waals surface area contributed by atoms with Gasteiger partial charge in [0, 0.05) is 5.57 Å². The molecule has 0 fully saturated rings. The van der Waals surface area contributed by atoms with E-state index in [0.29, 0.717) is 6.42 Å². The van der Waals surface area contributed by atoms with Gasteiger partial charge >= 0.3 is 0 Å². The third-order valence-electron chi connectivity index (χ3n) is 4.44. The van der Waals surface area contributed by atoms with Crippen LogP contribution in [0.5, 0.6) is 0 Å². The van der Waals surface area contributed by atoms with Crippen molar-refractivity contribution in [3.05, 3.63) is 64.3 Å². The number of ketones is 2. The van der Waals surface area contributed by atoms with Gasteiger partial charge in [0.1, 0.15) is 11.6 Å². The van der Waals surface area contributed by atoms with Gasteiger partial charge in [0.2, 0.25) is 11.6 Å². The third-order valence-corrected chi connectivity index (χ3v) is 4.44. The van der Waals surface area contributed by atoms with Crippen molar-refractivity contribution in [1.82, 2.24) is 0 Å². The first-order valence-electron chi connectivity index (χ1n) is 8.62. The molecule has 2 rings (SSSR count). The minimum absolute atomic E-state index is 0.0796. The number of allylic oxidation sites excluding steroid dienone is 4. The van der Waals surface area contributed by atoms with Gasteiger partial charge in [-0.3, -0.25) is 9.59 Å². The van der Waals surface area contributed by atoms with Crippen LogP contribution in [0.4, 0.5) is 10.1 Å². The summed E-state index contributed by atoms with van der Waals surface area (Å²) in [6, 6.07) is 5.96. The van der Waals surface area contributed by atoms with E-state index in [-0.39, 0.29) is 34.2 Å². The fourth-order valence-corrected chi connectivity index (χ4v) is 2.90. The molecule has 1 aliphatic carbocycles. The number of carbonyl (C=O) groups excluding carboxylic acids is 2. The second-order valence-corrected chi connectivity index (χ2v) is 6.79. The van der Waals surface area contributed by atoms with E-state index >= 15 is 0 Å². The summed E-state index contributed by atoms with van der Waals surface area (Å²) in [6.45, 7) is 7.22. The Labute approximate surface area is 153 Å². The lowest BCUT2D eigenvalue weighted by Gasteiger charge is -2.24. The molecule has 0 heterocycles. The zero-order chi connectivity index (χ0) is 19.4. The molecule has 1 aromatic carbocycles. The first-order valence-corrected chi connectivity index (χ1v) is 8.62. The molecule has 0 unspecified atom stereocenters. The van der Waals surface area contributed by atoms with Crippen LogP contribution in [0.3, 0.4) is 0 Å². The van der Waals surface area contributed by atoms with Crippen LogP contribution in [0.1, 0.15) is 40.5 Å². The van der Waals surface area contributed by atoms with Gasteiger partial charge in [0.15, 0.2) is 0 Å². The highest BCUT2D eigenvalue weighted by molar-refractivity contribution is 6.50. The average molecular weight is 357 g/mol. The van der Waals surface area contributed by atoms with E-state index in [1.165, 1.54) is 24.6 Å². The lowest BCUT2D eigenvalue weighted by atomic mass is 9.83. The molecule has 0 saturated carbocycles. The van der Waals surface area contributed by atoms with Crippen molar-refractivity contribution in [3.8, 4) is 0 Å². The maximum Gasteiger partial charge on any atom is 0.233 e. The van der Waals surface area contributed by atoms with Crippen molar-refractivity contribution < 1.29 is 19.1 Å². The predicted molar refractivity (Wildman–Crippen MR) is 100 cm³/mol. The summed E-state index contributed by atoms with van der Waals surface area (Å²) in [4.78, 5) is 24.8. The zero-order valence-electron chi connectivity index (χ0n) is 15.5. The lowest BCUT2D eigenvalue weighted by molar-refractivity contribution is -0.132. The number of Topliss-reactive ketones (excluding diaryl/α,β-unsaturated/α-hetero) is 2. The number of benzene rings is 1. The summed E-state index contributed by atoms with van der Waals surface area (Å²) in [6.07, 6.45) is 3.40. The molecule has 1 aromatic rings. The van der Waals surface area contributed by atoms with Gasteiger partial charge in [-0.15, -0.1) is 0 Å². The van der Waals surface area contributed by atoms with Gasteiger partial charge in [-0.1, -0.05) is 30.7 Å². The van der Waals surface area contributed by atoms with E-state index in [9.17, 15) is 19.1 Å². The van der Waals surface area contributed by atoms with Crippen molar-refractivity contribution in [3.63, 3.8) is 0 Å². The summed E-state index contributed by atoms with van der Waals surface area (Å²) >= 11 is 0. The molecule has 0 radical (unpaired) electrons. The fourth-order valence-electron chi connectivity index (χ4n) is 2.90. The van der Waals surface area contributed by atoms with Gasteiger partial charge in [0.25, 0.3) is 0 Å². The first kappa shape index (κ1) is 19.6. The van der Waals surface area contributed by atoms with Crippen molar-refractivity contribution in [2.75, 3.05) is 5.32 Å². The molecule has 0 amide bonds. The number of anilines is 1. The maximum atomic E-state index is 13.9. The molecule has 0 bridgehead atoms. The van der Waals surface area contributed by atoms with Crippen LogP contribution in [-0.2, 0) is 9.59 Å². The van der Waals surface area contributed by atoms with Crippen molar-refractivity contribution in [1.29, 1.82) is 0 Å². The minimum Gasteiger partial charge on any atom is -0.505 e. The van der Waals surface area contributed by atoms with Crippen LogP contribution in [0.25, 0.3) is 0 Å². The Morgan fingerprint density at radius 3 is 2.50 bits per heavy atom. The Bertz CT molecular complexity index is 829. The third kappa shape index (κ3) is 4.10. The number of aliphatic hydroxyl groups is 1. The van der Waals surface area contributed by atoms with Crippen molar-refractivity contribution in [2.45, 2.75) is 40.5 Å². The van der Waals surface area contributed by atoms with Gasteiger partial charge in [-0.25, -0.2) is 4.39 Å². The molecule has 4 nitrogen and oxygen atoms in total. The Morgan fingerprint density at radius 2 is 1.88 bits per heavy atom. The molecule has 0 spiro atoms. The lowest BCUT2D eigenvalue weighted by Crippen LogP contribution is -2.30. The second kappa shape index (κ2) is 8.13. The van der Waals surface area contributed by atoms with Crippen molar-refractivity contribution in [2.24, 2.45) is 5.92 Å². The van der Waals surface area contributed by atoms with E-state index in [0.717, 1.165) is 6.42 Å². The molecule has 1 atom stereocenters. The summed E-state index contributed by atoms with van der Waals surface area (Å²) in [5.41, 5.74) is 1.55. The smallest absolute Gasteiger partial charge is 0.233 e. The number of para-hydroxylation sites is 1. The zero-order valence-corrected chi connectivity index (χ0v) is 15.5. The van der Waals surface area contributed by atoms with Crippen LogP contribution >= 0.6 is 0 Å². The monoisotopic (exact) mass is 357 g/mol. The van der Waals surface area contributed by atoms with Crippen molar-refractivity contribution >= 4 is 17.3 Å². The van der Waals surface area contributed by atoms with E-state index < -0.39 is 17.4 Å². The minimum atomic E-state index is -0.691. The molecule has 0 aliphatic heterocycles. The number of halogens is 1. The van der Waals surface area contributed by atoms with Crippen LogP contribution in [0, 0.1) is 11.7 Å². The number of rotatable bonds is 6. The fraction of sp³-hybridized carbons (Fsp3) is 0.333. The highest BCUT2D eigenvalue weighted by Crippen LogP contribution is 2.32. The highest BCUT2D eigenvalue weighted by Gasteiger charge is 2.35. The topological polar surface area (TPSA) is 66.4 Å². The van der Waals surface area contributed by atoms with Crippen LogP contribution < -0.4 is 5.32 Å². The molecule has 0 saturated heterocycles. The van der Waals surface area contributed by atoms with Crippen LogP contribution in [0.15, 0.2) is 58.5 Å². The molecular formula is C21H24FNO3. The first-order chi connectivity index (χ1) is 12.2. The molecule has 26 heavy (non-hydrogen) atoms. The molecule has 5 heteroatoms.